The van der Waals surface area contributed by atoms with E-state index in [0.717, 1.165) is 19.3 Å². The van der Waals surface area contributed by atoms with Crippen molar-refractivity contribution in [3.8, 4) is 0 Å². The molecule has 104 valence electrons. The van der Waals surface area contributed by atoms with Crippen LogP contribution in [0, 0.1) is 0 Å². The van der Waals surface area contributed by atoms with Gasteiger partial charge in [0.2, 0.25) is 0 Å². The molecular weight excluding hydrogens is 236 g/mol. The number of hydrogen-bond donors (Lipinski definition) is 3. The fraction of sp³-hybridized carbons (Fsp3) is 0.833. The Bertz CT molecular complexity index is 308. The third-order valence-corrected chi connectivity index (χ3v) is 3.51. The van der Waals surface area contributed by atoms with Crippen LogP contribution in [0.15, 0.2) is 0 Å². The van der Waals surface area contributed by atoms with Crippen LogP contribution in [-0.4, -0.2) is 51.8 Å². The van der Waals surface area contributed by atoms with Gasteiger partial charge in [0.1, 0.15) is 6.04 Å². The Morgan fingerprint density at radius 3 is 2.61 bits per heavy atom. The van der Waals surface area contributed by atoms with Crippen LogP contribution in [0.2, 0.25) is 0 Å². The highest BCUT2D eigenvalue weighted by Crippen LogP contribution is 2.25. The van der Waals surface area contributed by atoms with Crippen LogP contribution in [0.4, 0.5) is 4.79 Å². The van der Waals surface area contributed by atoms with Gasteiger partial charge in [-0.1, -0.05) is 6.92 Å². The Kier molecular flexibility index (Phi) is 5.40. The predicted octanol–water partition coefficient (Wildman–Crippen LogP) is 0.794. The summed E-state index contributed by atoms with van der Waals surface area (Å²) in [5.41, 5.74) is 0. The number of urea groups is 1. The average Bonchev–Trinajstić information content (AvgIpc) is 2.69. The maximum absolute atomic E-state index is 12.1. The second-order valence-corrected chi connectivity index (χ2v) is 4.75. The molecule has 1 saturated heterocycles. The molecular formula is C12H22N2O4. The fourth-order valence-electron chi connectivity index (χ4n) is 2.45. The molecule has 0 aromatic carbocycles. The number of nitrogens with zero attached hydrogens (tertiary/aromatic N) is 1. The molecule has 1 rings (SSSR count). The van der Waals surface area contributed by atoms with Crippen molar-refractivity contribution in [3.63, 3.8) is 0 Å². The van der Waals surface area contributed by atoms with Gasteiger partial charge >= 0.3 is 12.0 Å². The molecule has 0 saturated carbocycles. The maximum Gasteiger partial charge on any atom is 0.326 e. The van der Waals surface area contributed by atoms with E-state index in [1.165, 1.54) is 0 Å². The van der Waals surface area contributed by atoms with E-state index in [0.29, 0.717) is 0 Å². The van der Waals surface area contributed by atoms with E-state index in [2.05, 4.69) is 5.32 Å². The number of hydrogen-bond acceptors (Lipinski definition) is 3. The van der Waals surface area contributed by atoms with Gasteiger partial charge in [0, 0.05) is 25.1 Å². The van der Waals surface area contributed by atoms with E-state index in [-0.39, 0.29) is 31.1 Å². The molecule has 2 amide bonds. The van der Waals surface area contributed by atoms with Crippen LogP contribution in [0.5, 0.6) is 0 Å². The summed E-state index contributed by atoms with van der Waals surface area (Å²) in [4.78, 5) is 24.7. The second-order valence-electron chi connectivity index (χ2n) is 4.75. The lowest BCUT2D eigenvalue weighted by Gasteiger charge is -2.29. The first-order valence-electron chi connectivity index (χ1n) is 6.43. The summed E-state index contributed by atoms with van der Waals surface area (Å²) < 4.78 is 0. The summed E-state index contributed by atoms with van der Waals surface area (Å²) in [6, 6.07) is -1.04. The molecule has 0 spiro atoms. The third kappa shape index (κ3) is 3.35. The smallest absolute Gasteiger partial charge is 0.326 e. The Hall–Kier alpha value is -1.30. The number of carbonyl (C=O) groups is 2. The topological polar surface area (TPSA) is 89.9 Å². The quantitative estimate of drug-likeness (QED) is 0.680. The van der Waals surface area contributed by atoms with Gasteiger partial charge in [-0.2, -0.15) is 0 Å². The largest absolute Gasteiger partial charge is 0.480 e. The maximum atomic E-state index is 12.1. The fourth-order valence-corrected chi connectivity index (χ4v) is 2.45. The molecule has 0 aromatic rings. The molecule has 3 atom stereocenters. The number of likely N-dealkylation sites (tertiary alicyclic amines) is 1. The van der Waals surface area contributed by atoms with Crippen molar-refractivity contribution in [2.45, 2.75) is 57.7 Å². The summed E-state index contributed by atoms with van der Waals surface area (Å²) in [6.45, 7) is 3.73. The van der Waals surface area contributed by atoms with E-state index in [1.54, 1.807) is 4.90 Å². The van der Waals surface area contributed by atoms with Gasteiger partial charge in [-0.15, -0.1) is 0 Å². The summed E-state index contributed by atoms with van der Waals surface area (Å²) in [6.07, 6.45) is 2.81. The molecule has 0 aromatic heterocycles. The molecule has 1 heterocycles. The summed E-state index contributed by atoms with van der Waals surface area (Å²) >= 11 is 0. The lowest BCUT2D eigenvalue weighted by molar-refractivity contribution is -0.139. The van der Waals surface area contributed by atoms with Crippen molar-refractivity contribution in [2.75, 3.05) is 6.61 Å². The number of rotatable bonds is 5. The number of aliphatic carboxylic acids is 1. The first-order chi connectivity index (χ1) is 8.51. The van der Waals surface area contributed by atoms with E-state index >= 15 is 0 Å². The number of aliphatic hydroxyl groups excluding tert-OH is 1. The van der Waals surface area contributed by atoms with Crippen molar-refractivity contribution < 1.29 is 19.8 Å². The van der Waals surface area contributed by atoms with Crippen LogP contribution in [0.25, 0.3) is 0 Å². The van der Waals surface area contributed by atoms with Gasteiger partial charge in [0.05, 0.1) is 0 Å². The zero-order chi connectivity index (χ0) is 13.7. The molecule has 1 aliphatic heterocycles. The number of nitrogens with one attached hydrogen (secondary N) is 1. The lowest BCUT2D eigenvalue weighted by Crippen LogP contribution is -2.51. The molecule has 1 aliphatic rings. The standard InChI is InChI=1S/C12H22N2O4/c1-3-9-5-4-8(2)14(9)12(18)13-10(6-7-15)11(16)17/h8-10,15H,3-7H2,1-2H3,(H,13,18)(H,16,17)/t8?,9?,10-/m1/s1. The molecule has 1 fully saturated rings. The van der Waals surface area contributed by atoms with Crippen LogP contribution >= 0.6 is 0 Å². The van der Waals surface area contributed by atoms with Crippen LogP contribution in [0.3, 0.4) is 0 Å². The van der Waals surface area contributed by atoms with Gasteiger partial charge in [-0.3, -0.25) is 0 Å². The van der Waals surface area contributed by atoms with Crippen molar-refractivity contribution in [3.05, 3.63) is 0 Å². The lowest BCUT2D eigenvalue weighted by atomic mass is 10.1. The second kappa shape index (κ2) is 6.58. The van der Waals surface area contributed by atoms with Crippen molar-refractivity contribution in [1.29, 1.82) is 0 Å². The Labute approximate surface area is 107 Å². The van der Waals surface area contributed by atoms with Gasteiger partial charge < -0.3 is 20.4 Å². The van der Waals surface area contributed by atoms with E-state index in [4.69, 9.17) is 10.2 Å². The number of carbonyl (C=O) groups excluding carboxylic acids is 1. The molecule has 6 nitrogen and oxygen atoms in total. The monoisotopic (exact) mass is 258 g/mol. The Balaban J connectivity index is 2.65. The van der Waals surface area contributed by atoms with Gasteiger partial charge in [-0.25, -0.2) is 9.59 Å². The molecule has 3 N–H and O–H groups in total. The summed E-state index contributed by atoms with van der Waals surface area (Å²) in [7, 11) is 0. The van der Waals surface area contributed by atoms with Crippen molar-refractivity contribution in [1.82, 2.24) is 10.2 Å². The minimum Gasteiger partial charge on any atom is -0.480 e. The number of amides is 2. The molecule has 0 bridgehead atoms. The summed E-state index contributed by atoms with van der Waals surface area (Å²) in [5.74, 6) is -1.11. The first-order valence-corrected chi connectivity index (χ1v) is 6.43. The molecule has 0 aliphatic carbocycles. The van der Waals surface area contributed by atoms with E-state index < -0.39 is 12.0 Å². The minimum absolute atomic E-state index is 0.0279. The molecule has 0 radical (unpaired) electrons. The number of aliphatic hydroxyl groups is 1. The first kappa shape index (κ1) is 14.8. The minimum atomic E-state index is -1.11. The van der Waals surface area contributed by atoms with Crippen LogP contribution < -0.4 is 5.32 Å². The van der Waals surface area contributed by atoms with Crippen molar-refractivity contribution in [2.24, 2.45) is 0 Å². The van der Waals surface area contributed by atoms with E-state index in [9.17, 15) is 9.59 Å². The van der Waals surface area contributed by atoms with Crippen molar-refractivity contribution >= 4 is 12.0 Å². The Morgan fingerprint density at radius 1 is 1.44 bits per heavy atom. The van der Waals surface area contributed by atoms with E-state index in [1.807, 2.05) is 13.8 Å². The highest BCUT2D eigenvalue weighted by atomic mass is 16.4. The van der Waals surface area contributed by atoms with Crippen LogP contribution in [-0.2, 0) is 4.79 Å². The average molecular weight is 258 g/mol. The van der Waals surface area contributed by atoms with Crippen LogP contribution in [0.1, 0.15) is 39.5 Å². The SMILES string of the molecule is CCC1CCC(C)N1C(=O)N[C@H](CCO)C(=O)O. The highest BCUT2D eigenvalue weighted by molar-refractivity contribution is 5.83. The molecule has 2 unspecified atom stereocenters. The number of carboxylic acids is 1. The molecule has 6 heteroatoms. The zero-order valence-corrected chi connectivity index (χ0v) is 10.9. The van der Waals surface area contributed by atoms with Gasteiger partial charge in [0.25, 0.3) is 0 Å². The summed E-state index contributed by atoms with van der Waals surface area (Å²) in [5, 5.41) is 20.2. The zero-order valence-electron chi connectivity index (χ0n) is 10.9. The third-order valence-electron chi connectivity index (χ3n) is 3.51. The molecule has 18 heavy (non-hydrogen) atoms. The van der Waals surface area contributed by atoms with Gasteiger partial charge in [-0.05, 0) is 26.2 Å². The number of carboxylic acid groups (broad SMARTS) is 1. The highest BCUT2D eigenvalue weighted by Gasteiger charge is 2.34. The predicted molar refractivity (Wildman–Crippen MR) is 66.3 cm³/mol. The van der Waals surface area contributed by atoms with Gasteiger partial charge in [0.15, 0.2) is 0 Å². The Morgan fingerprint density at radius 2 is 2.11 bits per heavy atom. The normalized spacial score (nSPS) is 24.9.